The lowest BCUT2D eigenvalue weighted by Crippen LogP contribution is -1.87. The second kappa shape index (κ2) is 3.78. The molecule has 0 bridgehead atoms. The van der Waals surface area contributed by atoms with Crippen LogP contribution in [-0.4, -0.2) is 21.1 Å². The Labute approximate surface area is 79.7 Å². The monoisotopic (exact) mass is 190 g/mol. The van der Waals surface area contributed by atoms with Crippen molar-refractivity contribution in [1.82, 2.24) is 14.9 Å². The predicted molar refractivity (Wildman–Crippen MR) is 49.4 cm³/mol. The summed E-state index contributed by atoms with van der Waals surface area (Å²) in [6.07, 6.45) is 4.54. The van der Waals surface area contributed by atoms with Crippen molar-refractivity contribution in [2.75, 3.05) is 0 Å². The van der Waals surface area contributed by atoms with Gasteiger partial charge in [0.1, 0.15) is 18.5 Å². The summed E-state index contributed by atoms with van der Waals surface area (Å²) in [7, 11) is 0. The summed E-state index contributed by atoms with van der Waals surface area (Å²) in [6.45, 7) is 0. The molecule has 0 amide bonds. The smallest absolute Gasteiger partial charge is 0.141 e. The standard InChI is InChI=1S/C9H7FN4/c10-9-3-1-8(2-4-9)5-13-14-6-11-12-7-14/h1-7H. The summed E-state index contributed by atoms with van der Waals surface area (Å²) in [5.74, 6) is -0.258. The molecule has 2 aromatic rings. The fraction of sp³-hybridized carbons (Fsp3) is 0. The van der Waals surface area contributed by atoms with Gasteiger partial charge in [-0.05, 0) is 17.7 Å². The summed E-state index contributed by atoms with van der Waals surface area (Å²) in [6, 6.07) is 6.05. The van der Waals surface area contributed by atoms with Gasteiger partial charge in [-0.25, -0.2) is 9.07 Å². The average molecular weight is 190 g/mol. The van der Waals surface area contributed by atoms with Gasteiger partial charge in [0.25, 0.3) is 0 Å². The minimum absolute atomic E-state index is 0.258. The van der Waals surface area contributed by atoms with E-state index in [1.54, 1.807) is 18.3 Å². The van der Waals surface area contributed by atoms with Gasteiger partial charge in [-0.2, -0.15) is 5.10 Å². The zero-order chi connectivity index (χ0) is 9.80. The van der Waals surface area contributed by atoms with Crippen LogP contribution in [-0.2, 0) is 0 Å². The van der Waals surface area contributed by atoms with Crippen molar-refractivity contribution in [3.8, 4) is 0 Å². The van der Waals surface area contributed by atoms with Crippen LogP contribution in [0.5, 0.6) is 0 Å². The van der Waals surface area contributed by atoms with E-state index in [-0.39, 0.29) is 5.82 Å². The molecule has 4 nitrogen and oxygen atoms in total. The Balaban J connectivity index is 2.15. The number of rotatable bonds is 2. The number of benzene rings is 1. The molecule has 0 unspecified atom stereocenters. The van der Waals surface area contributed by atoms with E-state index in [0.717, 1.165) is 5.56 Å². The first-order valence-electron chi connectivity index (χ1n) is 3.99. The molecule has 0 fully saturated rings. The Morgan fingerprint density at radius 3 is 2.43 bits per heavy atom. The molecule has 5 heteroatoms. The van der Waals surface area contributed by atoms with Crippen LogP contribution < -0.4 is 0 Å². The Bertz CT molecular complexity index is 419. The van der Waals surface area contributed by atoms with E-state index in [9.17, 15) is 4.39 Å². The molecule has 1 heterocycles. The maximum absolute atomic E-state index is 12.5. The lowest BCUT2D eigenvalue weighted by Gasteiger charge is -1.92. The third kappa shape index (κ3) is 2.01. The molecule has 1 aromatic carbocycles. The maximum atomic E-state index is 12.5. The molecule has 2 rings (SSSR count). The van der Waals surface area contributed by atoms with Gasteiger partial charge in [0.2, 0.25) is 0 Å². The largest absolute Gasteiger partial charge is 0.208 e. The number of halogens is 1. The van der Waals surface area contributed by atoms with E-state index in [1.807, 2.05) is 0 Å². The van der Waals surface area contributed by atoms with Crippen LogP contribution in [0.2, 0.25) is 0 Å². The Hall–Kier alpha value is -2.04. The van der Waals surface area contributed by atoms with Gasteiger partial charge in [0.15, 0.2) is 0 Å². The maximum Gasteiger partial charge on any atom is 0.141 e. The lowest BCUT2D eigenvalue weighted by atomic mass is 10.2. The molecule has 14 heavy (non-hydrogen) atoms. The fourth-order valence-electron chi connectivity index (χ4n) is 0.937. The Morgan fingerprint density at radius 2 is 1.79 bits per heavy atom. The topological polar surface area (TPSA) is 43.1 Å². The average Bonchev–Trinajstić information content (AvgIpc) is 2.70. The molecule has 0 N–H and O–H groups in total. The summed E-state index contributed by atoms with van der Waals surface area (Å²) in [5, 5.41) is 11.2. The molecule has 1 aromatic heterocycles. The third-order valence-electron chi connectivity index (χ3n) is 1.62. The zero-order valence-electron chi connectivity index (χ0n) is 7.21. The first kappa shape index (κ1) is 8.55. The van der Waals surface area contributed by atoms with E-state index in [1.165, 1.54) is 29.5 Å². The van der Waals surface area contributed by atoms with E-state index in [0.29, 0.717) is 0 Å². The molecule has 0 aliphatic carbocycles. The van der Waals surface area contributed by atoms with Crippen molar-refractivity contribution in [2.24, 2.45) is 5.10 Å². The highest BCUT2D eigenvalue weighted by Crippen LogP contribution is 1.99. The minimum atomic E-state index is -0.258. The first-order valence-corrected chi connectivity index (χ1v) is 3.99. The molecule has 0 aliphatic rings. The van der Waals surface area contributed by atoms with Crippen molar-refractivity contribution in [1.29, 1.82) is 0 Å². The molecule has 0 radical (unpaired) electrons. The number of hydrogen-bond acceptors (Lipinski definition) is 3. The van der Waals surface area contributed by atoms with E-state index >= 15 is 0 Å². The first-order chi connectivity index (χ1) is 6.84. The molecule has 0 saturated heterocycles. The SMILES string of the molecule is Fc1ccc(C=Nn2cnnc2)cc1. The van der Waals surface area contributed by atoms with Gasteiger partial charge < -0.3 is 0 Å². The third-order valence-corrected chi connectivity index (χ3v) is 1.62. The summed E-state index contributed by atoms with van der Waals surface area (Å²) >= 11 is 0. The molecule has 0 atom stereocenters. The normalized spacial score (nSPS) is 10.9. The van der Waals surface area contributed by atoms with Gasteiger partial charge in [0, 0.05) is 0 Å². The highest BCUT2D eigenvalue weighted by Gasteiger charge is 1.89. The number of hydrogen-bond donors (Lipinski definition) is 0. The molecular weight excluding hydrogens is 183 g/mol. The van der Waals surface area contributed by atoms with Crippen LogP contribution in [0.3, 0.4) is 0 Å². The highest BCUT2D eigenvalue weighted by atomic mass is 19.1. The van der Waals surface area contributed by atoms with Gasteiger partial charge >= 0.3 is 0 Å². The summed E-state index contributed by atoms with van der Waals surface area (Å²) < 4.78 is 14.0. The van der Waals surface area contributed by atoms with Crippen molar-refractivity contribution >= 4 is 6.21 Å². The van der Waals surface area contributed by atoms with Crippen molar-refractivity contribution < 1.29 is 4.39 Å². The van der Waals surface area contributed by atoms with Crippen LogP contribution in [0.25, 0.3) is 0 Å². The quantitative estimate of drug-likeness (QED) is 0.670. The van der Waals surface area contributed by atoms with E-state index < -0.39 is 0 Å². The molecule has 0 spiro atoms. The molecule has 0 saturated carbocycles. The van der Waals surface area contributed by atoms with E-state index in [4.69, 9.17) is 0 Å². The highest BCUT2D eigenvalue weighted by molar-refractivity contribution is 5.79. The van der Waals surface area contributed by atoms with Crippen LogP contribution in [0.1, 0.15) is 5.56 Å². The molecule has 70 valence electrons. The lowest BCUT2D eigenvalue weighted by molar-refractivity contribution is 0.628. The van der Waals surface area contributed by atoms with Crippen LogP contribution in [0.15, 0.2) is 42.0 Å². The van der Waals surface area contributed by atoms with Gasteiger partial charge in [-0.3, -0.25) is 0 Å². The second-order valence-electron chi connectivity index (χ2n) is 2.64. The second-order valence-corrected chi connectivity index (χ2v) is 2.64. The van der Waals surface area contributed by atoms with Crippen LogP contribution in [0, 0.1) is 5.82 Å². The van der Waals surface area contributed by atoms with Gasteiger partial charge in [0.05, 0.1) is 6.21 Å². The number of nitrogens with zero attached hydrogens (tertiary/aromatic N) is 4. The minimum Gasteiger partial charge on any atom is -0.208 e. The zero-order valence-corrected chi connectivity index (χ0v) is 7.21. The van der Waals surface area contributed by atoms with Crippen LogP contribution in [0.4, 0.5) is 4.39 Å². The van der Waals surface area contributed by atoms with Gasteiger partial charge in [-0.15, -0.1) is 10.2 Å². The predicted octanol–water partition coefficient (Wildman–Crippen LogP) is 1.30. The molecule has 0 aliphatic heterocycles. The summed E-state index contributed by atoms with van der Waals surface area (Å²) in [5.41, 5.74) is 0.820. The van der Waals surface area contributed by atoms with Crippen LogP contribution >= 0.6 is 0 Å². The van der Waals surface area contributed by atoms with Crippen molar-refractivity contribution in [3.05, 3.63) is 48.3 Å². The number of aromatic nitrogens is 3. The van der Waals surface area contributed by atoms with Crippen molar-refractivity contribution in [2.45, 2.75) is 0 Å². The summed E-state index contributed by atoms with van der Waals surface area (Å²) in [4.78, 5) is 0. The molecular formula is C9H7FN4. The van der Waals surface area contributed by atoms with Crippen molar-refractivity contribution in [3.63, 3.8) is 0 Å². The Morgan fingerprint density at radius 1 is 1.14 bits per heavy atom. The Kier molecular flexibility index (Phi) is 2.31. The van der Waals surface area contributed by atoms with E-state index in [2.05, 4.69) is 15.3 Å². The van der Waals surface area contributed by atoms with Gasteiger partial charge in [-0.1, -0.05) is 12.1 Å². The fourth-order valence-corrected chi connectivity index (χ4v) is 0.937.